The highest BCUT2D eigenvalue weighted by Crippen LogP contribution is 2.37. The second kappa shape index (κ2) is 4.66. The summed E-state index contributed by atoms with van der Waals surface area (Å²) >= 11 is 3.39. The molecule has 0 unspecified atom stereocenters. The zero-order chi connectivity index (χ0) is 12.5. The van der Waals surface area contributed by atoms with E-state index in [0.717, 1.165) is 15.7 Å². The molecule has 0 aliphatic carbocycles. The third kappa shape index (κ3) is 2.11. The van der Waals surface area contributed by atoms with Crippen molar-refractivity contribution in [3.05, 3.63) is 30.1 Å². The van der Waals surface area contributed by atoms with E-state index in [-0.39, 0.29) is 5.25 Å². The molecule has 0 radical (unpaired) electrons. The summed E-state index contributed by atoms with van der Waals surface area (Å²) < 4.78 is 3.96. The Kier molecular flexibility index (Phi) is 3.00. The van der Waals surface area contributed by atoms with E-state index in [9.17, 15) is 0 Å². The molecule has 0 saturated carbocycles. The lowest BCUT2D eigenvalue weighted by atomic mass is 10.3. The maximum Gasteiger partial charge on any atom is 0.164 e. The van der Waals surface area contributed by atoms with Gasteiger partial charge in [-0.15, -0.1) is 16.4 Å². The lowest BCUT2D eigenvalue weighted by Gasteiger charge is -2.05. The van der Waals surface area contributed by atoms with Crippen molar-refractivity contribution in [2.45, 2.75) is 16.5 Å². The molecule has 3 aromatic rings. The molecule has 0 amide bonds. The fourth-order valence-electron chi connectivity index (χ4n) is 1.69. The molecule has 0 aliphatic rings. The van der Waals surface area contributed by atoms with Crippen LogP contribution in [0.5, 0.6) is 0 Å². The van der Waals surface area contributed by atoms with Crippen molar-refractivity contribution in [2.75, 3.05) is 0 Å². The molecule has 1 atom stereocenters. The number of aryl methyl sites for hydroxylation is 1. The molecule has 0 spiro atoms. The van der Waals surface area contributed by atoms with E-state index in [4.69, 9.17) is 0 Å². The Bertz CT molecular complexity index is 642. The summed E-state index contributed by atoms with van der Waals surface area (Å²) in [7, 11) is 1.85. The Balaban J connectivity index is 1.86. The van der Waals surface area contributed by atoms with E-state index < -0.39 is 0 Å². The maximum atomic E-state index is 4.60. The minimum atomic E-state index is 0.186. The van der Waals surface area contributed by atoms with Gasteiger partial charge in [0.15, 0.2) is 10.2 Å². The fourth-order valence-corrected chi connectivity index (χ4v) is 4.04. The summed E-state index contributed by atoms with van der Waals surface area (Å²) in [5, 5.41) is 11.7. The standard InChI is InChI=1S/C11H11N5S2/c1-7(10-13-14-15-16(10)2)17-11-12-8-5-3-4-6-9(8)18-11/h3-7H,1-2H3/t7-/m0/s1. The molecule has 3 rings (SSSR count). The lowest BCUT2D eigenvalue weighted by Crippen LogP contribution is -2.01. The van der Waals surface area contributed by atoms with Gasteiger partial charge in [0.2, 0.25) is 0 Å². The molecule has 2 aromatic heterocycles. The quantitative estimate of drug-likeness (QED) is 0.689. The van der Waals surface area contributed by atoms with Crippen LogP contribution in [0.3, 0.4) is 0 Å². The molecular formula is C11H11N5S2. The smallest absolute Gasteiger partial charge is 0.164 e. The monoisotopic (exact) mass is 277 g/mol. The molecule has 0 saturated heterocycles. The first-order valence-corrected chi connectivity index (χ1v) is 7.18. The normalized spacial score (nSPS) is 13.0. The van der Waals surface area contributed by atoms with Crippen molar-refractivity contribution >= 4 is 33.3 Å². The van der Waals surface area contributed by atoms with E-state index in [1.165, 1.54) is 4.70 Å². The number of fused-ring (bicyclic) bond motifs is 1. The van der Waals surface area contributed by atoms with Crippen LogP contribution in [-0.4, -0.2) is 25.2 Å². The van der Waals surface area contributed by atoms with Crippen LogP contribution >= 0.6 is 23.1 Å². The molecule has 0 N–H and O–H groups in total. The first-order valence-electron chi connectivity index (χ1n) is 5.48. The van der Waals surface area contributed by atoms with Gasteiger partial charge in [0.05, 0.1) is 15.5 Å². The topological polar surface area (TPSA) is 56.5 Å². The second-order valence-corrected chi connectivity index (χ2v) is 6.49. The molecule has 1 aromatic carbocycles. The van der Waals surface area contributed by atoms with Crippen molar-refractivity contribution in [1.82, 2.24) is 25.2 Å². The van der Waals surface area contributed by atoms with Crippen LogP contribution in [-0.2, 0) is 7.05 Å². The number of hydrogen-bond donors (Lipinski definition) is 0. The molecule has 92 valence electrons. The van der Waals surface area contributed by atoms with E-state index >= 15 is 0 Å². The molecule has 0 fully saturated rings. The second-order valence-electron chi connectivity index (χ2n) is 3.87. The number of thioether (sulfide) groups is 1. The van der Waals surface area contributed by atoms with Crippen LogP contribution in [0, 0.1) is 0 Å². The first-order chi connectivity index (χ1) is 8.74. The Morgan fingerprint density at radius 2 is 2.17 bits per heavy atom. The van der Waals surface area contributed by atoms with Crippen molar-refractivity contribution in [1.29, 1.82) is 0 Å². The van der Waals surface area contributed by atoms with Gasteiger partial charge in [-0.3, -0.25) is 0 Å². The van der Waals surface area contributed by atoms with Crippen LogP contribution < -0.4 is 0 Å². The van der Waals surface area contributed by atoms with Crippen LogP contribution in [0.4, 0.5) is 0 Å². The number of aromatic nitrogens is 5. The number of tetrazole rings is 1. The number of para-hydroxylation sites is 1. The zero-order valence-corrected chi connectivity index (χ0v) is 11.6. The van der Waals surface area contributed by atoms with Crippen LogP contribution in [0.15, 0.2) is 28.6 Å². The van der Waals surface area contributed by atoms with Gasteiger partial charge >= 0.3 is 0 Å². The average Bonchev–Trinajstić information content (AvgIpc) is 2.94. The Morgan fingerprint density at radius 1 is 1.33 bits per heavy atom. The Hall–Kier alpha value is -1.47. The first kappa shape index (κ1) is 11.6. The number of nitrogens with zero attached hydrogens (tertiary/aromatic N) is 5. The minimum absolute atomic E-state index is 0.186. The van der Waals surface area contributed by atoms with E-state index in [0.29, 0.717) is 0 Å². The van der Waals surface area contributed by atoms with Gasteiger partial charge in [0, 0.05) is 7.05 Å². The van der Waals surface area contributed by atoms with Crippen LogP contribution in [0.2, 0.25) is 0 Å². The van der Waals surface area contributed by atoms with Gasteiger partial charge in [-0.25, -0.2) is 9.67 Å². The SMILES string of the molecule is C[C@H](Sc1nc2ccccc2s1)c1nnnn1C. The molecular weight excluding hydrogens is 266 g/mol. The Labute approximate surface area is 112 Å². The highest BCUT2D eigenvalue weighted by Gasteiger charge is 2.16. The molecule has 2 heterocycles. The zero-order valence-electron chi connectivity index (χ0n) is 9.94. The fraction of sp³-hybridized carbons (Fsp3) is 0.273. The van der Waals surface area contributed by atoms with Crippen LogP contribution in [0.1, 0.15) is 18.0 Å². The minimum Gasteiger partial charge on any atom is -0.232 e. The predicted molar refractivity (Wildman–Crippen MR) is 72.7 cm³/mol. The average molecular weight is 277 g/mol. The van der Waals surface area contributed by atoms with Crippen molar-refractivity contribution in [3.8, 4) is 0 Å². The van der Waals surface area contributed by atoms with E-state index in [2.05, 4.69) is 33.5 Å². The largest absolute Gasteiger partial charge is 0.232 e. The lowest BCUT2D eigenvalue weighted by molar-refractivity contribution is 0.679. The summed E-state index contributed by atoms with van der Waals surface area (Å²) in [6.45, 7) is 2.09. The van der Waals surface area contributed by atoms with Gasteiger partial charge in [0.25, 0.3) is 0 Å². The molecule has 18 heavy (non-hydrogen) atoms. The summed E-state index contributed by atoms with van der Waals surface area (Å²) in [6, 6.07) is 8.16. The molecule has 7 heteroatoms. The maximum absolute atomic E-state index is 4.60. The third-order valence-corrected chi connectivity index (χ3v) is 4.80. The van der Waals surface area contributed by atoms with Crippen molar-refractivity contribution in [3.63, 3.8) is 0 Å². The summed E-state index contributed by atoms with van der Waals surface area (Å²) in [5.41, 5.74) is 1.05. The summed E-state index contributed by atoms with van der Waals surface area (Å²) in [5.74, 6) is 0.860. The van der Waals surface area contributed by atoms with Gasteiger partial charge in [-0.05, 0) is 29.5 Å². The Morgan fingerprint density at radius 3 is 2.89 bits per heavy atom. The van der Waals surface area contributed by atoms with E-state index in [1.54, 1.807) is 27.8 Å². The molecule has 0 aliphatic heterocycles. The summed E-state index contributed by atoms with van der Waals surface area (Å²) in [4.78, 5) is 4.60. The van der Waals surface area contributed by atoms with Gasteiger partial charge < -0.3 is 0 Å². The number of hydrogen-bond acceptors (Lipinski definition) is 6. The molecule has 5 nitrogen and oxygen atoms in total. The van der Waals surface area contributed by atoms with E-state index in [1.807, 2.05) is 25.2 Å². The van der Waals surface area contributed by atoms with Gasteiger partial charge in [-0.1, -0.05) is 23.9 Å². The molecule has 0 bridgehead atoms. The summed E-state index contributed by atoms with van der Waals surface area (Å²) in [6.07, 6.45) is 0. The van der Waals surface area contributed by atoms with Crippen LogP contribution in [0.25, 0.3) is 10.2 Å². The van der Waals surface area contributed by atoms with Crippen molar-refractivity contribution < 1.29 is 0 Å². The third-order valence-electron chi connectivity index (χ3n) is 2.57. The highest BCUT2D eigenvalue weighted by atomic mass is 32.2. The predicted octanol–water partition coefficient (Wildman–Crippen LogP) is 2.67. The number of benzene rings is 1. The van der Waals surface area contributed by atoms with Gasteiger partial charge in [-0.2, -0.15) is 0 Å². The number of rotatable bonds is 3. The highest BCUT2D eigenvalue weighted by molar-refractivity contribution is 8.01. The van der Waals surface area contributed by atoms with Gasteiger partial charge in [0.1, 0.15) is 0 Å². The van der Waals surface area contributed by atoms with Crippen molar-refractivity contribution in [2.24, 2.45) is 7.05 Å². The number of thiazole rings is 1.